The monoisotopic (exact) mass is 324 g/mol. The molecule has 0 spiro atoms. The average molecular weight is 324 g/mol. The van der Waals surface area contributed by atoms with Crippen molar-refractivity contribution in [2.45, 2.75) is 52.1 Å². The van der Waals surface area contributed by atoms with Gasteiger partial charge in [0, 0.05) is 23.4 Å². The van der Waals surface area contributed by atoms with E-state index in [-0.39, 0.29) is 30.2 Å². The summed E-state index contributed by atoms with van der Waals surface area (Å²) in [5.41, 5.74) is 0.698. The maximum atomic E-state index is 12.1. The highest BCUT2D eigenvalue weighted by Crippen LogP contribution is 2.17. The molecule has 1 fully saturated rings. The molecule has 122 valence electrons. The largest absolute Gasteiger partial charge is 0.353 e. The zero-order valence-electron chi connectivity index (χ0n) is 13.3. The van der Waals surface area contributed by atoms with Gasteiger partial charge in [0.2, 0.25) is 11.8 Å². The standard InChI is InChI=1S/C15H24N4O2S/c1-9(2)14(21)19-15-18-12(8-22-15)7-13(20)17-11-4-5-16-10(3)6-11/h8-11,16H,4-7H2,1-3H3,(H,17,20)(H,18,19,21). The van der Waals surface area contributed by atoms with Crippen LogP contribution in [-0.2, 0) is 16.0 Å². The molecule has 0 bridgehead atoms. The summed E-state index contributed by atoms with van der Waals surface area (Å²) in [5, 5.41) is 11.6. The van der Waals surface area contributed by atoms with Crippen LogP contribution in [0.25, 0.3) is 0 Å². The Morgan fingerprint density at radius 3 is 2.95 bits per heavy atom. The number of carbonyl (C=O) groups excluding carboxylic acids is 2. The first-order valence-corrected chi connectivity index (χ1v) is 8.60. The van der Waals surface area contributed by atoms with Gasteiger partial charge >= 0.3 is 0 Å². The highest BCUT2D eigenvalue weighted by Gasteiger charge is 2.20. The van der Waals surface area contributed by atoms with E-state index in [1.165, 1.54) is 11.3 Å². The van der Waals surface area contributed by atoms with Crippen LogP contribution in [0.2, 0.25) is 0 Å². The van der Waals surface area contributed by atoms with Crippen molar-refractivity contribution >= 4 is 28.3 Å². The van der Waals surface area contributed by atoms with E-state index in [0.29, 0.717) is 16.9 Å². The van der Waals surface area contributed by atoms with Crippen molar-refractivity contribution in [1.29, 1.82) is 0 Å². The van der Waals surface area contributed by atoms with Gasteiger partial charge in [-0.05, 0) is 26.3 Å². The van der Waals surface area contributed by atoms with Crippen molar-refractivity contribution in [1.82, 2.24) is 15.6 Å². The highest BCUT2D eigenvalue weighted by atomic mass is 32.1. The molecular formula is C15H24N4O2S. The molecule has 1 aromatic rings. The molecule has 1 aromatic heterocycles. The van der Waals surface area contributed by atoms with Gasteiger partial charge in [0.05, 0.1) is 12.1 Å². The molecule has 1 aliphatic rings. The third kappa shape index (κ3) is 5.06. The van der Waals surface area contributed by atoms with Gasteiger partial charge in [0.15, 0.2) is 5.13 Å². The van der Waals surface area contributed by atoms with Crippen molar-refractivity contribution in [2.75, 3.05) is 11.9 Å². The molecule has 1 saturated heterocycles. The molecule has 6 nitrogen and oxygen atoms in total. The average Bonchev–Trinajstić information content (AvgIpc) is 2.85. The maximum absolute atomic E-state index is 12.1. The summed E-state index contributed by atoms with van der Waals surface area (Å²) >= 11 is 1.35. The number of nitrogens with one attached hydrogen (secondary N) is 3. The number of piperidine rings is 1. The van der Waals surface area contributed by atoms with Crippen LogP contribution in [0.4, 0.5) is 5.13 Å². The molecule has 3 N–H and O–H groups in total. The van der Waals surface area contributed by atoms with Crippen LogP contribution in [0.1, 0.15) is 39.3 Å². The molecule has 2 atom stereocenters. The Balaban J connectivity index is 1.82. The predicted molar refractivity (Wildman–Crippen MR) is 87.9 cm³/mol. The molecule has 2 heterocycles. The zero-order valence-corrected chi connectivity index (χ0v) is 14.1. The van der Waals surface area contributed by atoms with Crippen LogP contribution < -0.4 is 16.0 Å². The van der Waals surface area contributed by atoms with E-state index >= 15 is 0 Å². The number of rotatable bonds is 5. The number of hydrogen-bond acceptors (Lipinski definition) is 5. The molecule has 0 radical (unpaired) electrons. The minimum atomic E-state index is -0.0856. The molecule has 2 amide bonds. The second kappa shape index (κ2) is 7.69. The number of amides is 2. The van der Waals surface area contributed by atoms with Crippen molar-refractivity contribution in [2.24, 2.45) is 5.92 Å². The quantitative estimate of drug-likeness (QED) is 0.767. The third-order valence-electron chi connectivity index (χ3n) is 3.64. The second-order valence-electron chi connectivity index (χ2n) is 6.11. The lowest BCUT2D eigenvalue weighted by atomic mass is 10.0. The topological polar surface area (TPSA) is 83.1 Å². The first-order chi connectivity index (χ1) is 10.4. The van der Waals surface area contributed by atoms with Gasteiger partial charge in [-0.2, -0.15) is 0 Å². The van der Waals surface area contributed by atoms with Crippen molar-refractivity contribution in [3.8, 4) is 0 Å². The summed E-state index contributed by atoms with van der Waals surface area (Å²) in [7, 11) is 0. The Hall–Kier alpha value is -1.47. The van der Waals surface area contributed by atoms with Crippen LogP contribution >= 0.6 is 11.3 Å². The predicted octanol–water partition coefficient (Wildman–Crippen LogP) is 1.54. The molecule has 2 unspecified atom stereocenters. The van der Waals surface area contributed by atoms with Crippen LogP contribution in [0.15, 0.2) is 5.38 Å². The first-order valence-electron chi connectivity index (χ1n) is 7.72. The van der Waals surface area contributed by atoms with Crippen molar-refractivity contribution < 1.29 is 9.59 Å². The van der Waals surface area contributed by atoms with E-state index in [1.54, 1.807) is 0 Å². The van der Waals surface area contributed by atoms with Gasteiger partial charge in [-0.3, -0.25) is 9.59 Å². The van der Waals surface area contributed by atoms with E-state index in [2.05, 4.69) is 27.9 Å². The van der Waals surface area contributed by atoms with Crippen molar-refractivity contribution in [3.63, 3.8) is 0 Å². The number of aromatic nitrogens is 1. The van der Waals surface area contributed by atoms with E-state index < -0.39 is 0 Å². The lowest BCUT2D eigenvalue weighted by molar-refractivity contribution is -0.121. The molecule has 22 heavy (non-hydrogen) atoms. The number of thiazole rings is 1. The highest BCUT2D eigenvalue weighted by molar-refractivity contribution is 7.13. The van der Waals surface area contributed by atoms with E-state index in [4.69, 9.17) is 0 Å². The van der Waals surface area contributed by atoms with Gasteiger partial charge in [-0.1, -0.05) is 13.8 Å². The van der Waals surface area contributed by atoms with Crippen LogP contribution in [0, 0.1) is 5.92 Å². The minimum absolute atomic E-state index is 0.00821. The SMILES string of the molecule is CC1CC(NC(=O)Cc2csc(NC(=O)C(C)C)n2)CCN1. The molecule has 0 saturated carbocycles. The van der Waals surface area contributed by atoms with Gasteiger partial charge in [-0.15, -0.1) is 11.3 Å². The first kappa shape index (κ1) is 16.9. The summed E-state index contributed by atoms with van der Waals surface area (Å²) in [5.74, 6) is -0.155. The van der Waals surface area contributed by atoms with Crippen molar-refractivity contribution in [3.05, 3.63) is 11.1 Å². The van der Waals surface area contributed by atoms with E-state index in [1.807, 2.05) is 19.2 Å². The van der Waals surface area contributed by atoms with Gasteiger partial charge in [0.1, 0.15) is 0 Å². The van der Waals surface area contributed by atoms with Gasteiger partial charge in [-0.25, -0.2) is 4.98 Å². The fraction of sp³-hybridized carbons (Fsp3) is 0.667. The Morgan fingerprint density at radius 2 is 2.27 bits per heavy atom. The molecular weight excluding hydrogens is 300 g/mol. The number of nitrogens with zero attached hydrogens (tertiary/aromatic N) is 1. The van der Waals surface area contributed by atoms with Crippen LogP contribution in [0.5, 0.6) is 0 Å². The molecule has 7 heteroatoms. The molecule has 0 aromatic carbocycles. The van der Waals surface area contributed by atoms with Gasteiger partial charge in [0.25, 0.3) is 0 Å². The second-order valence-corrected chi connectivity index (χ2v) is 6.97. The summed E-state index contributed by atoms with van der Waals surface area (Å²) in [6.07, 6.45) is 2.17. The fourth-order valence-corrected chi connectivity index (χ4v) is 3.11. The van der Waals surface area contributed by atoms with Gasteiger partial charge < -0.3 is 16.0 Å². The summed E-state index contributed by atoms with van der Waals surface area (Å²) in [6.45, 7) is 6.73. The lowest BCUT2D eigenvalue weighted by Gasteiger charge is -2.28. The Morgan fingerprint density at radius 1 is 1.50 bits per heavy atom. The molecule has 0 aliphatic carbocycles. The minimum Gasteiger partial charge on any atom is -0.353 e. The Bertz CT molecular complexity index is 529. The Kier molecular flexibility index (Phi) is 5.90. The Labute approximate surface area is 135 Å². The number of carbonyl (C=O) groups is 2. The van der Waals surface area contributed by atoms with E-state index in [9.17, 15) is 9.59 Å². The fourth-order valence-electron chi connectivity index (χ4n) is 2.40. The number of anilines is 1. The molecule has 1 aliphatic heterocycles. The van der Waals surface area contributed by atoms with E-state index in [0.717, 1.165) is 19.4 Å². The molecule has 2 rings (SSSR count). The van der Waals surface area contributed by atoms with Crippen LogP contribution in [-0.4, -0.2) is 35.4 Å². The zero-order chi connectivity index (χ0) is 16.1. The summed E-state index contributed by atoms with van der Waals surface area (Å²) < 4.78 is 0. The maximum Gasteiger partial charge on any atom is 0.228 e. The summed E-state index contributed by atoms with van der Waals surface area (Å²) in [4.78, 5) is 28.0. The smallest absolute Gasteiger partial charge is 0.228 e. The summed E-state index contributed by atoms with van der Waals surface area (Å²) in [6, 6.07) is 0.679. The van der Waals surface area contributed by atoms with Crippen LogP contribution in [0.3, 0.4) is 0 Å². The normalized spacial score (nSPS) is 21.6. The third-order valence-corrected chi connectivity index (χ3v) is 4.44. The lowest BCUT2D eigenvalue weighted by Crippen LogP contribution is -2.46. The number of hydrogen-bond donors (Lipinski definition) is 3.